The van der Waals surface area contributed by atoms with Gasteiger partial charge in [0.1, 0.15) is 12.1 Å². The molecular formula is C13H17BrN2O2S. The van der Waals surface area contributed by atoms with E-state index < -0.39 is 12.1 Å². The first-order valence-corrected chi connectivity index (χ1v) is 7.91. The second kappa shape index (κ2) is 5.63. The van der Waals surface area contributed by atoms with Crippen LogP contribution in [0.25, 0.3) is 0 Å². The van der Waals surface area contributed by atoms with Crippen molar-refractivity contribution in [2.24, 2.45) is 5.92 Å². The Morgan fingerprint density at radius 1 is 1.47 bits per heavy atom. The molecule has 2 rings (SSSR count). The van der Waals surface area contributed by atoms with Gasteiger partial charge in [0.2, 0.25) is 11.8 Å². The largest absolute Gasteiger partial charge is 0.342 e. The quantitative estimate of drug-likeness (QED) is 0.915. The first kappa shape index (κ1) is 14.5. The maximum absolute atomic E-state index is 12.4. The fourth-order valence-corrected chi connectivity index (χ4v) is 3.57. The van der Waals surface area contributed by atoms with Gasteiger partial charge in [0.25, 0.3) is 0 Å². The molecule has 1 aromatic rings. The summed E-state index contributed by atoms with van der Waals surface area (Å²) in [6.07, 6.45) is 0. The number of nitrogens with zero attached hydrogens (tertiary/aromatic N) is 1. The second-order valence-corrected chi connectivity index (χ2v) is 7.02. The van der Waals surface area contributed by atoms with Gasteiger partial charge in [-0.05, 0) is 34.8 Å². The first-order chi connectivity index (χ1) is 8.90. The van der Waals surface area contributed by atoms with Gasteiger partial charge in [0, 0.05) is 14.7 Å². The number of carbonyl (C=O) groups excluding carboxylic acids is 2. The Hall–Kier alpha value is -0.880. The molecule has 2 atom stereocenters. The summed E-state index contributed by atoms with van der Waals surface area (Å²) in [4.78, 5) is 27.1. The average molecular weight is 345 g/mol. The topological polar surface area (TPSA) is 49.4 Å². The third kappa shape index (κ3) is 3.00. The van der Waals surface area contributed by atoms with Crippen molar-refractivity contribution >= 4 is 39.1 Å². The summed E-state index contributed by atoms with van der Waals surface area (Å²) in [5.74, 6) is 0.0297. The minimum Gasteiger partial charge on any atom is -0.342 e. The molecule has 0 aromatic carbocycles. The predicted octanol–water partition coefficient (Wildman–Crippen LogP) is 2.38. The van der Waals surface area contributed by atoms with Crippen LogP contribution in [0, 0.1) is 5.92 Å². The fourth-order valence-electron chi connectivity index (χ4n) is 2.12. The normalized spacial score (nSPS) is 23.9. The molecule has 19 heavy (non-hydrogen) atoms. The number of amides is 2. The van der Waals surface area contributed by atoms with Crippen molar-refractivity contribution in [2.45, 2.75) is 39.4 Å². The Kier molecular flexibility index (Phi) is 4.30. The zero-order valence-corrected chi connectivity index (χ0v) is 13.5. The number of hydrogen-bond acceptors (Lipinski definition) is 3. The Morgan fingerprint density at radius 3 is 2.68 bits per heavy atom. The SMILES string of the molecule is CC(C)C1NC(=O)C(C)N(Cc2cc(Br)cs2)C1=O. The van der Waals surface area contributed by atoms with Gasteiger partial charge < -0.3 is 10.2 Å². The van der Waals surface area contributed by atoms with Crippen LogP contribution >= 0.6 is 27.3 Å². The van der Waals surface area contributed by atoms with Gasteiger partial charge in [-0.3, -0.25) is 9.59 Å². The van der Waals surface area contributed by atoms with E-state index in [1.54, 1.807) is 23.2 Å². The van der Waals surface area contributed by atoms with E-state index in [1.165, 1.54) is 0 Å². The van der Waals surface area contributed by atoms with Crippen LogP contribution in [0.1, 0.15) is 25.6 Å². The molecule has 0 bridgehead atoms. The minimum atomic E-state index is -0.414. The van der Waals surface area contributed by atoms with E-state index in [0.29, 0.717) is 6.54 Å². The Morgan fingerprint density at radius 2 is 2.16 bits per heavy atom. The average Bonchev–Trinajstić information content (AvgIpc) is 2.74. The van der Waals surface area contributed by atoms with Crippen LogP contribution in [0.2, 0.25) is 0 Å². The highest BCUT2D eigenvalue weighted by Crippen LogP contribution is 2.24. The molecule has 1 aliphatic heterocycles. The Labute approximate surface area is 125 Å². The maximum atomic E-state index is 12.4. The van der Waals surface area contributed by atoms with Crippen molar-refractivity contribution in [1.82, 2.24) is 10.2 Å². The van der Waals surface area contributed by atoms with Gasteiger partial charge in [-0.15, -0.1) is 11.3 Å². The van der Waals surface area contributed by atoms with E-state index in [-0.39, 0.29) is 17.7 Å². The van der Waals surface area contributed by atoms with E-state index in [4.69, 9.17) is 0 Å². The fraction of sp³-hybridized carbons (Fsp3) is 0.538. The predicted molar refractivity (Wildman–Crippen MR) is 78.8 cm³/mol. The van der Waals surface area contributed by atoms with Crippen LogP contribution in [0.5, 0.6) is 0 Å². The summed E-state index contributed by atoms with van der Waals surface area (Å²) in [6, 6.07) is 1.16. The van der Waals surface area contributed by atoms with Crippen molar-refractivity contribution in [3.63, 3.8) is 0 Å². The number of piperazine rings is 1. The van der Waals surface area contributed by atoms with Crippen LogP contribution in [0.3, 0.4) is 0 Å². The molecule has 104 valence electrons. The van der Waals surface area contributed by atoms with E-state index in [1.807, 2.05) is 25.3 Å². The number of nitrogens with one attached hydrogen (secondary N) is 1. The van der Waals surface area contributed by atoms with Crippen molar-refractivity contribution in [3.05, 3.63) is 20.8 Å². The minimum absolute atomic E-state index is 0.00613. The number of halogens is 1. The second-order valence-electron chi connectivity index (χ2n) is 5.10. The van der Waals surface area contributed by atoms with Crippen molar-refractivity contribution in [1.29, 1.82) is 0 Å². The Balaban J connectivity index is 2.20. The van der Waals surface area contributed by atoms with Crippen molar-refractivity contribution < 1.29 is 9.59 Å². The van der Waals surface area contributed by atoms with Gasteiger partial charge in [-0.25, -0.2) is 0 Å². The summed E-state index contributed by atoms with van der Waals surface area (Å²) in [7, 11) is 0. The molecule has 1 aromatic heterocycles. The third-order valence-corrected chi connectivity index (χ3v) is 4.99. The van der Waals surface area contributed by atoms with Crippen molar-refractivity contribution in [3.8, 4) is 0 Å². The molecule has 0 aliphatic carbocycles. The molecule has 1 aliphatic rings. The van der Waals surface area contributed by atoms with Crippen LogP contribution < -0.4 is 5.32 Å². The highest BCUT2D eigenvalue weighted by molar-refractivity contribution is 9.10. The van der Waals surface area contributed by atoms with Crippen LogP contribution in [0.15, 0.2) is 15.9 Å². The molecule has 1 N–H and O–H groups in total. The van der Waals surface area contributed by atoms with E-state index in [9.17, 15) is 9.59 Å². The lowest BCUT2D eigenvalue weighted by atomic mass is 9.98. The number of thiophene rings is 1. The number of rotatable bonds is 3. The Bertz CT molecular complexity index is 501. The van der Waals surface area contributed by atoms with Gasteiger partial charge >= 0.3 is 0 Å². The molecule has 0 spiro atoms. The summed E-state index contributed by atoms with van der Waals surface area (Å²) < 4.78 is 1.01. The molecule has 0 saturated carbocycles. The molecule has 1 saturated heterocycles. The zero-order valence-electron chi connectivity index (χ0n) is 11.1. The highest BCUT2D eigenvalue weighted by Gasteiger charge is 2.39. The van der Waals surface area contributed by atoms with E-state index >= 15 is 0 Å². The van der Waals surface area contributed by atoms with Crippen LogP contribution in [-0.2, 0) is 16.1 Å². The lowest BCUT2D eigenvalue weighted by Gasteiger charge is -2.38. The third-order valence-electron chi connectivity index (χ3n) is 3.31. The van der Waals surface area contributed by atoms with E-state index in [2.05, 4.69) is 21.2 Å². The number of carbonyl (C=O) groups is 2. The van der Waals surface area contributed by atoms with Crippen LogP contribution in [-0.4, -0.2) is 28.8 Å². The van der Waals surface area contributed by atoms with Crippen LogP contribution in [0.4, 0.5) is 0 Å². The van der Waals surface area contributed by atoms with Crippen molar-refractivity contribution in [2.75, 3.05) is 0 Å². The summed E-state index contributed by atoms with van der Waals surface area (Å²) >= 11 is 4.99. The summed E-state index contributed by atoms with van der Waals surface area (Å²) in [5, 5.41) is 4.78. The zero-order chi connectivity index (χ0) is 14.2. The highest BCUT2D eigenvalue weighted by atomic mass is 79.9. The number of hydrogen-bond donors (Lipinski definition) is 1. The molecular weight excluding hydrogens is 328 g/mol. The first-order valence-electron chi connectivity index (χ1n) is 6.24. The van der Waals surface area contributed by atoms with Gasteiger partial charge in [0.15, 0.2) is 0 Å². The smallest absolute Gasteiger partial charge is 0.246 e. The van der Waals surface area contributed by atoms with Gasteiger partial charge in [-0.1, -0.05) is 13.8 Å². The van der Waals surface area contributed by atoms with E-state index in [0.717, 1.165) is 9.35 Å². The molecule has 0 radical (unpaired) electrons. The lowest BCUT2D eigenvalue weighted by molar-refractivity contribution is -0.150. The monoisotopic (exact) mass is 344 g/mol. The van der Waals surface area contributed by atoms with Gasteiger partial charge in [-0.2, -0.15) is 0 Å². The molecule has 2 unspecified atom stereocenters. The molecule has 2 heterocycles. The lowest BCUT2D eigenvalue weighted by Crippen LogP contribution is -2.63. The standard InChI is InChI=1S/C13H17BrN2O2S/c1-7(2)11-13(18)16(8(3)12(17)15-11)5-10-4-9(14)6-19-10/h4,6-8,11H,5H2,1-3H3,(H,15,17). The molecule has 1 fully saturated rings. The van der Waals surface area contributed by atoms with Gasteiger partial charge in [0.05, 0.1) is 6.54 Å². The molecule has 2 amide bonds. The summed E-state index contributed by atoms with van der Waals surface area (Å²) in [6.45, 7) is 6.15. The summed E-state index contributed by atoms with van der Waals surface area (Å²) in [5.41, 5.74) is 0. The molecule has 4 nitrogen and oxygen atoms in total. The molecule has 6 heteroatoms. The maximum Gasteiger partial charge on any atom is 0.246 e.